The highest BCUT2D eigenvalue weighted by molar-refractivity contribution is 9.10. The minimum absolute atomic E-state index is 0.0377. The fraction of sp³-hybridized carbons (Fsp3) is 0.364. The molecular weight excluding hydrogens is 282 g/mol. The van der Waals surface area contributed by atoms with Crippen LogP contribution in [0.15, 0.2) is 16.6 Å². The number of ketones is 1. The van der Waals surface area contributed by atoms with E-state index in [0.717, 1.165) is 0 Å². The molecule has 1 aromatic carbocycles. The standard InChI is InChI=1S/C11H11BrClFO/c1-11(2,3)10(15)6-4-5-7(12)8(13)9(6)14/h4-5H,1-3H3. The number of benzene rings is 1. The van der Waals surface area contributed by atoms with Crippen molar-refractivity contribution in [2.24, 2.45) is 5.41 Å². The monoisotopic (exact) mass is 292 g/mol. The van der Waals surface area contributed by atoms with E-state index in [1.807, 2.05) is 0 Å². The van der Waals surface area contributed by atoms with Gasteiger partial charge in [0.15, 0.2) is 11.6 Å². The zero-order chi connectivity index (χ0) is 11.8. The normalized spacial score (nSPS) is 11.6. The molecule has 0 unspecified atom stereocenters. The Labute approximate surface area is 102 Å². The lowest BCUT2D eigenvalue weighted by Crippen LogP contribution is -2.21. The van der Waals surface area contributed by atoms with Crippen LogP contribution in [-0.4, -0.2) is 5.78 Å². The van der Waals surface area contributed by atoms with Crippen LogP contribution >= 0.6 is 27.5 Å². The molecular formula is C11H11BrClFO. The van der Waals surface area contributed by atoms with E-state index in [0.29, 0.717) is 4.47 Å². The molecule has 0 amide bonds. The second-order valence-corrected chi connectivity index (χ2v) is 5.53. The van der Waals surface area contributed by atoms with Gasteiger partial charge in [-0.15, -0.1) is 0 Å². The highest BCUT2D eigenvalue weighted by atomic mass is 79.9. The van der Waals surface area contributed by atoms with Crippen molar-refractivity contribution in [1.29, 1.82) is 0 Å². The average molecular weight is 294 g/mol. The molecule has 0 aliphatic heterocycles. The van der Waals surface area contributed by atoms with E-state index in [-0.39, 0.29) is 16.4 Å². The lowest BCUT2D eigenvalue weighted by atomic mass is 9.86. The molecule has 0 bridgehead atoms. The van der Waals surface area contributed by atoms with Crippen molar-refractivity contribution in [1.82, 2.24) is 0 Å². The first-order chi connectivity index (χ1) is 6.75. The third-order valence-corrected chi connectivity index (χ3v) is 3.22. The zero-order valence-electron chi connectivity index (χ0n) is 8.70. The molecule has 82 valence electrons. The van der Waals surface area contributed by atoms with Gasteiger partial charge in [-0.25, -0.2) is 4.39 Å². The van der Waals surface area contributed by atoms with E-state index >= 15 is 0 Å². The molecule has 15 heavy (non-hydrogen) atoms. The maximum absolute atomic E-state index is 13.7. The van der Waals surface area contributed by atoms with E-state index in [9.17, 15) is 9.18 Å². The molecule has 0 aliphatic rings. The Morgan fingerprint density at radius 1 is 1.40 bits per heavy atom. The molecule has 0 N–H and O–H groups in total. The Balaban J connectivity index is 3.29. The van der Waals surface area contributed by atoms with Crippen molar-refractivity contribution in [2.45, 2.75) is 20.8 Å². The van der Waals surface area contributed by atoms with Crippen LogP contribution in [0.1, 0.15) is 31.1 Å². The molecule has 0 fully saturated rings. The number of rotatable bonds is 1. The van der Waals surface area contributed by atoms with Gasteiger partial charge in [0.1, 0.15) is 0 Å². The summed E-state index contributed by atoms with van der Waals surface area (Å²) in [4.78, 5) is 11.8. The van der Waals surface area contributed by atoms with Gasteiger partial charge in [0.2, 0.25) is 0 Å². The predicted octanol–water partition coefficient (Wildman–Crippen LogP) is 4.47. The van der Waals surface area contributed by atoms with Gasteiger partial charge in [-0.3, -0.25) is 4.79 Å². The summed E-state index contributed by atoms with van der Waals surface area (Å²) in [7, 11) is 0. The smallest absolute Gasteiger partial charge is 0.171 e. The fourth-order valence-corrected chi connectivity index (χ4v) is 1.58. The third-order valence-electron chi connectivity index (χ3n) is 1.96. The first kappa shape index (κ1) is 12.7. The summed E-state index contributed by atoms with van der Waals surface area (Å²) in [6, 6.07) is 3.02. The molecule has 4 heteroatoms. The largest absolute Gasteiger partial charge is 0.293 e. The Hall–Kier alpha value is -0.410. The summed E-state index contributed by atoms with van der Waals surface area (Å²) in [5.74, 6) is -0.916. The molecule has 0 radical (unpaired) electrons. The fourth-order valence-electron chi connectivity index (χ4n) is 1.11. The van der Waals surface area contributed by atoms with Gasteiger partial charge in [-0.05, 0) is 28.1 Å². The first-order valence-electron chi connectivity index (χ1n) is 4.43. The van der Waals surface area contributed by atoms with Crippen LogP contribution in [0.4, 0.5) is 4.39 Å². The highest BCUT2D eigenvalue weighted by Crippen LogP contribution is 2.30. The third kappa shape index (κ3) is 2.58. The molecule has 0 saturated carbocycles. The predicted molar refractivity (Wildman–Crippen MR) is 62.9 cm³/mol. The number of carbonyl (C=O) groups excluding carboxylic acids is 1. The van der Waals surface area contributed by atoms with E-state index in [1.54, 1.807) is 26.8 Å². The summed E-state index contributed by atoms with van der Waals surface area (Å²) in [6.07, 6.45) is 0. The Morgan fingerprint density at radius 2 is 1.93 bits per heavy atom. The lowest BCUT2D eigenvalue weighted by Gasteiger charge is -2.17. The van der Waals surface area contributed by atoms with Gasteiger partial charge < -0.3 is 0 Å². The van der Waals surface area contributed by atoms with Crippen LogP contribution in [0.3, 0.4) is 0 Å². The molecule has 0 saturated heterocycles. The molecule has 1 nitrogen and oxygen atoms in total. The van der Waals surface area contributed by atoms with Gasteiger partial charge in [0.25, 0.3) is 0 Å². The molecule has 0 aliphatic carbocycles. The summed E-state index contributed by atoms with van der Waals surface area (Å²) < 4.78 is 14.1. The molecule has 1 aromatic rings. The van der Waals surface area contributed by atoms with E-state index < -0.39 is 11.2 Å². The first-order valence-corrected chi connectivity index (χ1v) is 5.60. The Kier molecular flexibility index (Phi) is 3.56. The molecule has 1 rings (SSSR count). The SMILES string of the molecule is CC(C)(C)C(=O)c1ccc(Br)c(Cl)c1F. The molecule has 0 spiro atoms. The number of halogens is 3. The summed E-state index contributed by atoms with van der Waals surface area (Å²) >= 11 is 8.80. The second-order valence-electron chi connectivity index (χ2n) is 4.30. The van der Waals surface area contributed by atoms with E-state index in [1.165, 1.54) is 6.07 Å². The molecule has 0 aromatic heterocycles. The van der Waals surface area contributed by atoms with Crippen molar-refractivity contribution in [3.8, 4) is 0 Å². The van der Waals surface area contributed by atoms with E-state index in [4.69, 9.17) is 11.6 Å². The van der Waals surface area contributed by atoms with Crippen LogP contribution in [0.25, 0.3) is 0 Å². The van der Waals surface area contributed by atoms with Crippen molar-refractivity contribution in [3.63, 3.8) is 0 Å². The zero-order valence-corrected chi connectivity index (χ0v) is 11.0. The van der Waals surface area contributed by atoms with Gasteiger partial charge in [-0.1, -0.05) is 32.4 Å². The minimum atomic E-state index is -0.661. The van der Waals surface area contributed by atoms with Crippen LogP contribution in [0, 0.1) is 11.2 Å². The number of hydrogen-bond acceptors (Lipinski definition) is 1. The number of Topliss-reactive ketones (excluding diaryl/α,β-unsaturated/α-hetero) is 1. The maximum Gasteiger partial charge on any atom is 0.171 e. The van der Waals surface area contributed by atoms with Crippen LogP contribution in [0.5, 0.6) is 0 Å². The average Bonchev–Trinajstić information content (AvgIpc) is 2.12. The van der Waals surface area contributed by atoms with E-state index in [2.05, 4.69) is 15.9 Å². The molecule has 0 atom stereocenters. The lowest BCUT2D eigenvalue weighted by molar-refractivity contribution is 0.0854. The summed E-state index contributed by atoms with van der Waals surface area (Å²) in [6.45, 7) is 5.22. The number of carbonyl (C=O) groups is 1. The van der Waals surface area contributed by atoms with Crippen LogP contribution in [-0.2, 0) is 0 Å². The summed E-state index contributed by atoms with van der Waals surface area (Å²) in [5.41, 5.74) is -0.575. The van der Waals surface area contributed by atoms with Gasteiger partial charge in [-0.2, -0.15) is 0 Å². The second kappa shape index (κ2) is 4.22. The quantitative estimate of drug-likeness (QED) is 0.551. The van der Waals surface area contributed by atoms with Crippen molar-refractivity contribution >= 4 is 33.3 Å². The van der Waals surface area contributed by atoms with Crippen LogP contribution < -0.4 is 0 Å². The number of hydrogen-bond donors (Lipinski definition) is 0. The summed E-state index contributed by atoms with van der Waals surface area (Å²) in [5, 5.41) is -0.0508. The maximum atomic E-state index is 13.7. The van der Waals surface area contributed by atoms with Crippen LogP contribution in [0.2, 0.25) is 5.02 Å². The Morgan fingerprint density at radius 3 is 2.40 bits per heavy atom. The highest BCUT2D eigenvalue weighted by Gasteiger charge is 2.26. The van der Waals surface area contributed by atoms with Gasteiger partial charge in [0.05, 0.1) is 10.6 Å². The Bertz CT molecular complexity index is 410. The van der Waals surface area contributed by atoms with Crippen molar-refractivity contribution < 1.29 is 9.18 Å². The van der Waals surface area contributed by atoms with Crippen molar-refractivity contribution in [3.05, 3.63) is 33.0 Å². The van der Waals surface area contributed by atoms with Gasteiger partial charge >= 0.3 is 0 Å². The van der Waals surface area contributed by atoms with Gasteiger partial charge in [0, 0.05) is 9.89 Å². The topological polar surface area (TPSA) is 17.1 Å². The van der Waals surface area contributed by atoms with Crippen molar-refractivity contribution in [2.75, 3.05) is 0 Å². The minimum Gasteiger partial charge on any atom is -0.293 e. The molecule has 0 heterocycles.